The second-order valence-corrected chi connectivity index (χ2v) is 8.06. The summed E-state index contributed by atoms with van der Waals surface area (Å²) in [5.74, 6) is -0.313. The number of aromatic nitrogens is 2. The molecule has 0 saturated heterocycles. The third kappa shape index (κ3) is 4.29. The van der Waals surface area contributed by atoms with Gasteiger partial charge in [-0.1, -0.05) is 19.1 Å². The Labute approximate surface area is 171 Å². The Kier molecular flexibility index (Phi) is 5.56. The maximum absolute atomic E-state index is 11.3. The zero-order chi connectivity index (χ0) is 20.4. The normalized spacial score (nSPS) is 15.7. The molecule has 1 saturated carbocycles. The van der Waals surface area contributed by atoms with E-state index in [-0.39, 0.29) is 6.10 Å². The Morgan fingerprint density at radius 1 is 1.24 bits per heavy atom. The van der Waals surface area contributed by atoms with Gasteiger partial charge >= 0.3 is 5.97 Å². The van der Waals surface area contributed by atoms with Gasteiger partial charge in [0, 0.05) is 23.7 Å². The van der Waals surface area contributed by atoms with E-state index in [1.807, 2.05) is 22.9 Å². The second kappa shape index (κ2) is 8.27. The number of nitrogens with zero attached hydrogens (tertiary/aromatic N) is 2. The smallest absolute Gasteiger partial charge is 0.306 e. The summed E-state index contributed by atoms with van der Waals surface area (Å²) < 4.78 is 8.31. The summed E-state index contributed by atoms with van der Waals surface area (Å²) in [5, 5.41) is 14.9. The minimum atomic E-state index is -0.772. The molecule has 1 unspecified atom stereocenters. The van der Waals surface area contributed by atoms with Crippen LogP contribution in [0.15, 0.2) is 42.6 Å². The first-order valence-corrected chi connectivity index (χ1v) is 10.5. The van der Waals surface area contributed by atoms with Crippen LogP contribution in [0.5, 0.6) is 5.75 Å². The van der Waals surface area contributed by atoms with E-state index in [0.29, 0.717) is 6.42 Å². The van der Waals surface area contributed by atoms with Crippen molar-refractivity contribution >= 4 is 16.9 Å². The van der Waals surface area contributed by atoms with Crippen LogP contribution in [0.4, 0.5) is 0 Å². The molecule has 4 rings (SSSR count). The lowest BCUT2D eigenvalue weighted by Crippen LogP contribution is -2.13. The van der Waals surface area contributed by atoms with Gasteiger partial charge in [0.25, 0.3) is 0 Å². The Morgan fingerprint density at radius 3 is 2.76 bits per heavy atom. The Balaban J connectivity index is 1.73. The van der Waals surface area contributed by atoms with E-state index >= 15 is 0 Å². The van der Waals surface area contributed by atoms with E-state index in [1.165, 1.54) is 12.8 Å². The molecule has 3 aromatic rings. The van der Waals surface area contributed by atoms with E-state index < -0.39 is 11.9 Å². The molecule has 152 valence electrons. The Morgan fingerprint density at radius 2 is 2.03 bits per heavy atom. The molecule has 1 heterocycles. The first-order chi connectivity index (χ1) is 14.0. The average molecular weight is 392 g/mol. The number of hydrogen-bond donors (Lipinski definition) is 1. The molecule has 1 N–H and O–H groups in total. The maximum atomic E-state index is 11.3. The van der Waals surface area contributed by atoms with Gasteiger partial charge in [-0.15, -0.1) is 0 Å². The molecule has 5 nitrogen and oxygen atoms in total. The lowest BCUT2D eigenvalue weighted by Gasteiger charge is -2.18. The molecule has 1 aromatic heterocycles. The lowest BCUT2D eigenvalue weighted by atomic mass is 9.96. The molecule has 1 aliphatic rings. The SMILES string of the molecule is CCn1cc2cc(-c3cc(CC(C)C(=O)O)ccc3OC3CCCC3)ccc2n1. The zero-order valence-electron chi connectivity index (χ0n) is 17.1. The third-order valence-corrected chi connectivity index (χ3v) is 5.79. The highest BCUT2D eigenvalue weighted by molar-refractivity contribution is 5.85. The lowest BCUT2D eigenvalue weighted by molar-refractivity contribution is -0.141. The number of fused-ring (bicyclic) bond motifs is 1. The molecule has 0 amide bonds. The number of aliphatic carboxylic acids is 1. The van der Waals surface area contributed by atoms with Gasteiger partial charge in [-0.05, 0) is 74.4 Å². The minimum Gasteiger partial charge on any atom is -0.490 e. The highest BCUT2D eigenvalue weighted by Crippen LogP contribution is 2.36. The molecular formula is C24H28N2O3. The summed E-state index contributed by atoms with van der Waals surface area (Å²) in [7, 11) is 0. The van der Waals surface area contributed by atoms with Gasteiger partial charge < -0.3 is 9.84 Å². The number of carboxylic acids is 1. The zero-order valence-corrected chi connectivity index (χ0v) is 17.1. The van der Waals surface area contributed by atoms with Crippen LogP contribution in [0.3, 0.4) is 0 Å². The Bertz CT molecular complexity index is 1020. The summed E-state index contributed by atoms with van der Waals surface area (Å²) in [6.07, 6.45) is 7.46. The molecule has 29 heavy (non-hydrogen) atoms. The molecule has 0 radical (unpaired) electrons. The predicted octanol–water partition coefficient (Wildman–Crippen LogP) is 5.31. The fraction of sp³-hybridized carbons (Fsp3) is 0.417. The van der Waals surface area contributed by atoms with Crippen molar-refractivity contribution in [2.24, 2.45) is 5.92 Å². The monoisotopic (exact) mass is 392 g/mol. The quantitative estimate of drug-likeness (QED) is 0.592. The highest BCUT2D eigenvalue weighted by atomic mass is 16.5. The summed E-state index contributed by atoms with van der Waals surface area (Å²) in [6.45, 7) is 4.66. The molecule has 2 aromatic carbocycles. The van der Waals surface area contributed by atoms with Crippen molar-refractivity contribution in [3.63, 3.8) is 0 Å². The van der Waals surface area contributed by atoms with Crippen molar-refractivity contribution in [1.29, 1.82) is 0 Å². The number of rotatable bonds is 7. The first-order valence-electron chi connectivity index (χ1n) is 10.5. The van der Waals surface area contributed by atoms with Gasteiger partial charge in [0.2, 0.25) is 0 Å². The predicted molar refractivity (Wildman–Crippen MR) is 114 cm³/mol. The van der Waals surface area contributed by atoms with Gasteiger partial charge in [-0.3, -0.25) is 9.48 Å². The van der Waals surface area contributed by atoms with Crippen LogP contribution in [0.25, 0.3) is 22.0 Å². The molecule has 0 bridgehead atoms. The number of ether oxygens (including phenoxy) is 1. The van der Waals surface area contributed by atoms with Gasteiger partial charge in [0.15, 0.2) is 0 Å². The number of carboxylic acid groups (broad SMARTS) is 1. The van der Waals surface area contributed by atoms with Crippen molar-refractivity contribution in [1.82, 2.24) is 9.78 Å². The van der Waals surface area contributed by atoms with E-state index in [4.69, 9.17) is 4.74 Å². The Hall–Kier alpha value is -2.82. The number of carbonyl (C=O) groups is 1. The van der Waals surface area contributed by atoms with Crippen LogP contribution in [0.1, 0.15) is 45.1 Å². The minimum absolute atomic E-state index is 0.268. The summed E-state index contributed by atoms with van der Waals surface area (Å²) >= 11 is 0. The third-order valence-electron chi connectivity index (χ3n) is 5.79. The molecule has 1 fully saturated rings. The van der Waals surface area contributed by atoms with Gasteiger partial charge in [0.1, 0.15) is 5.75 Å². The van der Waals surface area contributed by atoms with E-state index in [1.54, 1.807) is 6.92 Å². The van der Waals surface area contributed by atoms with E-state index in [9.17, 15) is 9.90 Å². The molecule has 1 atom stereocenters. The summed E-state index contributed by atoms with van der Waals surface area (Å²) in [4.78, 5) is 11.3. The summed E-state index contributed by atoms with van der Waals surface area (Å²) in [5.41, 5.74) is 4.09. The largest absolute Gasteiger partial charge is 0.490 e. The van der Waals surface area contributed by atoms with Gasteiger partial charge in [0.05, 0.1) is 17.5 Å². The number of aryl methyl sites for hydroxylation is 1. The molecule has 0 aliphatic heterocycles. The van der Waals surface area contributed by atoms with Gasteiger partial charge in [-0.2, -0.15) is 5.10 Å². The molecule has 5 heteroatoms. The van der Waals surface area contributed by atoms with E-state index in [0.717, 1.165) is 52.7 Å². The van der Waals surface area contributed by atoms with Crippen LogP contribution in [0.2, 0.25) is 0 Å². The van der Waals surface area contributed by atoms with Crippen LogP contribution in [-0.2, 0) is 17.8 Å². The average Bonchev–Trinajstić information content (AvgIpc) is 3.37. The summed E-state index contributed by atoms with van der Waals surface area (Å²) in [6, 6.07) is 12.4. The van der Waals surface area contributed by atoms with Crippen molar-refractivity contribution < 1.29 is 14.6 Å². The first kappa shape index (κ1) is 19.5. The number of benzene rings is 2. The standard InChI is InChI=1S/C24H28N2O3/c1-3-26-15-19-14-18(9-10-22(19)25-26)21-13-17(12-16(2)24(27)28)8-11-23(21)29-20-6-4-5-7-20/h8-11,13-16,20H,3-7,12H2,1-2H3,(H,27,28). The van der Waals surface area contributed by atoms with Crippen LogP contribution in [0, 0.1) is 5.92 Å². The van der Waals surface area contributed by atoms with Crippen LogP contribution in [-0.4, -0.2) is 27.0 Å². The van der Waals surface area contributed by atoms with Crippen LogP contribution < -0.4 is 4.74 Å². The topological polar surface area (TPSA) is 64.4 Å². The molecule has 0 spiro atoms. The number of hydrogen-bond acceptors (Lipinski definition) is 3. The molecule has 1 aliphatic carbocycles. The van der Waals surface area contributed by atoms with Crippen molar-refractivity contribution in [3.05, 3.63) is 48.2 Å². The maximum Gasteiger partial charge on any atom is 0.306 e. The second-order valence-electron chi connectivity index (χ2n) is 8.06. The fourth-order valence-corrected chi connectivity index (χ4v) is 4.07. The van der Waals surface area contributed by atoms with Crippen molar-refractivity contribution in [2.45, 2.75) is 58.6 Å². The van der Waals surface area contributed by atoms with Crippen molar-refractivity contribution in [2.75, 3.05) is 0 Å². The van der Waals surface area contributed by atoms with Crippen molar-refractivity contribution in [3.8, 4) is 16.9 Å². The van der Waals surface area contributed by atoms with Gasteiger partial charge in [-0.25, -0.2) is 0 Å². The fourth-order valence-electron chi connectivity index (χ4n) is 4.07. The van der Waals surface area contributed by atoms with Crippen LogP contribution >= 0.6 is 0 Å². The highest BCUT2D eigenvalue weighted by Gasteiger charge is 2.20. The molecular weight excluding hydrogens is 364 g/mol. The van der Waals surface area contributed by atoms with E-state index in [2.05, 4.69) is 36.4 Å².